The summed E-state index contributed by atoms with van der Waals surface area (Å²) in [6.07, 6.45) is 4.50. The summed E-state index contributed by atoms with van der Waals surface area (Å²) in [6.45, 7) is 3.05. The monoisotopic (exact) mass is 451 g/mol. The number of fused-ring (bicyclic) bond motifs is 1. The molecule has 0 aliphatic heterocycles. The highest BCUT2D eigenvalue weighted by Crippen LogP contribution is 2.27. The second-order valence-corrected chi connectivity index (χ2v) is 8.42. The van der Waals surface area contributed by atoms with E-state index in [1.807, 2.05) is 55.5 Å². The van der Waals surface area contributed by atoms with Crippen molar-refractivity contribution in [2.24, 2.45) is 0 Å². The predicted octanol–water partition coefficient (Wildman–Crippen LogP) is 5.08. The fourth-order valence-electron chi connectivity index (χ4n) is 4.24. The highest BCUT2D eigenvalue weighted by molar-refractivity contribution is 7.80. The molecule has 1 aliphatic rings. The van der Waals surface area contributed by atoms with Gasteiger partial charge in [-0.2, -0.15) is 0 Å². The number of nitrogens with zero attached hydrogens (tertiary/aromatic N) is 1. The van der Waals surface area contributed by atoms with E-state index in [9.17, 15) is 4.79 Å². The third-order valence-electron chi connectivity index (χ3n) is 5.91. The molecule has 1 saturated carbocycles. The second kappa shape index (κ2) is 10.0. The van der Waals surface area contributed by atoms with Crippen molar-refractivity contribution in [3.05, 3.63) is 64.4 Å². The van der Waals surface area contributed by atoms with E-state index in [1.54, 1.807) is 7.11 Å². The molecule has 3 aromatic rings. The number of anilines is 1. The molecular formula is C25H29N3O3S. The first-order valence-electron chi connectivity index (χ1n) is 11.1. The number of hydrogen-bond acceptors (Lipinski definition) is 4. The van der Waals surface area contributed by atoms with E-state index in [2.05, 4.69) is 15.2 Å². The molecule has 1 heterocycles. The molecule has 0 saturated heterocycles. The lowest BCUT2D eigenvalue weighted by molar-refractivity contribution is 0.311. The number of methoxy groups -OCH3 is 1. The molecule has 168 valence electrons. The smallest absolute Gasteiger partial charge is 0.253 e. The lowest BCUT2D eigenvalue weighted by Crippen LogP contribution is -2.42. The molecule has 2 N–H and O–H groups in total. The first kappa shape index (κ1) is 22.1. The van der Waals surface area contributed by atoms with Crippen LogP contribution >= 0.6 is 12.2 Å². The van der Waals surface area contributed by atoms with Crippen molar-refractivity contribution in [3.63, 3.8) is 0 Å². The maximum absolute atomic E-state index is 12.8. The highest BCUT2D eigenvalue weighted by Gasteiger charge is 2.26. The number of benzene rings is 2. The van der Waals surface area contributed by atoms with Gasteiger partial charge < -0.3 is 24.7 Å². The lowest BCUT2D eigenvalue weighted by Gasteiger charge is -2.31. The van der Waals surface area contributed by atoms with Crippen molar-refractivity contribution in [3.8, 4) is 11.5 Å². The van der Waals surface area contributed by atoms with Gasteiger partial charge in [-0.1, -0.05) is 12.8 Å². The number of rotatable bonds is 7. The van der Waals surface area contributed by atoms with Gasteiger partial charge in [0.1, 0.15) is 11.5 Å². The number of thiocarbonyl (C=S) groups is 1. The molecule has 6 nitrogen and oxygen atoms in total. The third kappa shape index (κ3) is 5.05. The zero-order valence-corrected chi connectivity index (χ0v) is 19.3. The zero-order valence-electron chi connectivity index (χ0n) is 18.5. The van der Waals surface area contributed by atoms with Gasteiger partial charge in [0, 0.05) is 28.2 Å². The fraction of sp³-hybridized carbons (Fsp3) is 0.360. The maximum atomic E-state index is 12.8. The summed E-state index contributed by atoms with van der Waals surface area (Å²) in [6, 6.07) is 15.7. The van der Waals surface area contributed by atoms with Crippen LogP contribution in [0.1, 0.15) is 38.2 Å². The minimum Gasteiger partial charge on any atom is -0.497 e. The van der Waals surface area contributed by atoms with Crippen molar-refractivity contribution >= 4 is 33.9 Å². The van der Waals surface area contributed by atoms with Gasteiger partial charge in [-0.15, -0.1) is 0 Å². The van der Waals surface area contributed by atoms with Crippen LogP contribution in [0.25, 0.3) is 10.9 Å². The summed E-state index contributed by atoms with van der Waals surface area (Å²) in [4.78, 5) is 18.0. The van der Waals surface area contributed by atoms with Gasteiger partial charge in [0.25, 0.3) is 5.56 Å². The van der Waals surface area contributed by atoms with Crippen molar-refractivity contribution in [2.75, 3.05) is 19.0 Å². The standard InChI is InChI=1S/C25H29N3O3S/c1-3-31-21-10-8-19(9-11-21)26-25(32)28(20-6-4-5-7-20)16-18-14-17-15-22(30-2)12-13-23(17)27-24(18)29/h8-15,20H,3-7,16H2,1-2H3,(H,26,32)(H,27,29). The summed E-state index contributed by atoms with van der Waals surface area (Å²) in [5.41, 5.74) is 2.30. The molecule has 4 rings (SSSR count). The third-order valence-corrected chi connectivity index (χ3v) is 6.25. The molecule has 1 aliphatic carbocycles. The number of H-pyrrole nitrogens is 1. The van der Waals surface area contributed by atoms with E-state index in [-0.39, 0.29) is 5.56 Å². The Hall–Kier alpha value is -3.06. The first-order chi connectivity index (χ1) is 15.6. The molecule has 0 unspecified atom stereocenters. The second-order valence-electron chi connectivity index (χ2n) is 8.03. The predicted molar refractivity (Wildman–Crippen MR) is 133 cm³/mol. The van der Waals surface area contributed by atoms with Gasteiger partial charge in [-0.25, -0.2) is 0 Å². The lowest BCUT2D eigenvalue weighted by atomic mass is 10.1. The van der Waals surface area contributed by atoms with Crippen LogP contribution in [0.5, 0.6) is 11.5 Å². The normalized spacial score (nSPS) is 13.8. The molecule has 2 aromatic carbocycles. The van der Waals surface area contributed by atoms with Crippen LogP contribution in [-0.2, 0) is 6.54 Å². The van der Waals surface area contributed by atoms with Crippen LogP contribution in [0.3, 0.4) is 0 Å². The van der Waals surface area contributed by atoms with Gasteiger partial charge in [0.15, 0.2) is 5.11 Å². The zero-order chi connectivity index (χ0) is 22.5. The molecule has 0 radical (unpaired) electrons. The number of ether oxygens (including phenoxy) is 2. The Balaban J connectivity index is 1.58. The van der Waals surface area contributed by atoms with Crippen LogP contribution in [0, 0.1) is 0 Å². The summed E-state index contributed by atoms with van der Waals surface area (Å²) < 4.78 is 10.9. The van der Waals surface area contributed by atoms with Gasteiger partial charge in [-0.05, 0) is 80.5 Å². The Morgan fingerprint density at radius 3 is 2.53 bits per heavy atom. The maximum Gasteiger partial charge on any atom is 0.253 e. The SMILES string of the molecule is CCOc1ccc(NC(=S)N(Cc2cc3cc(OC)ccc3[nH]c2=O)C2CCCC2)cc1. The number of hydrogen-bond donors (Lipinski definition) is 2. The van der Waals surface area contributed by atoms with Crippen molar-refractivity contribution < 1.29 is 9.47 Å². The summed E-state index contributed by atoms with van der Waals surface area (Å²) in [7, 11) is 1.64. The van der Waals surface area contributed by atoms with E-state index >= 15 is 0 Å². The van der Waals surface area contributed by atoms with Crippen molar-refractivity contribution in [1.29, 1.82) is 0 Å². The first-order valence-corrected chi connectivity index (χ1v) is 11.5. The van der Waals surface area contributed by atoms with Crippen molar-refractivity contribution in [2.45, 2.75) is 45.2 Å². The summed E-state index contributed by atoms with van der Waals surface area (Å²) >= 11 is 5.81. The Morgan fingerprint density at radius 1 is 1.12 bits per heavy atom. The summed E-state index contributed by atoms with van der Waals surface area (Å²) in [5.74, 6) is 1.59. The van der Waals surface area contributed by atoms with E-state index in [1.165, 1.54) is 12.8 Å². The molecular weight excluding hydrogens is 422 g/mol. The van der Waals surface area contributed by atoms with Gasteiger partial charge in [0.05, 0.1) is 20.3 Å². The van der Waals surface area contributed by atoms with Crippen LogP contribution < -0.4 is 20.3 Å². The Labute approximate surface area is 193 Å². The molecule has 0 bridgehead atoms. The minimum absolute atomic E-state index is 0.0884. The number of aromatic amines is 1. The molecule has 0 spiro atoms. The number of nitrogens with one attached hydrogen (secondary N) is 2. The molecule has 32 heavy (non-hydrogen) atoms. The molecule has 1 aromatic heterocycles. The molecule has 0 amide bonds. The largest absolute Gasteiger partial charge is 0.497 e. The topological polar surface area (TPSA) is 66.6 Å². The fourth-order valence-corrected chi connectivity index (χ4v) is 4.57. The van der Waals surface area contributed by atoms with Crippen molar-refractivity contribution in [1.82, 2.24) is 9.88 Å². The average Bonchev–Trinajstić information content (AvgIpc) is 3.33. The minimum atomic E-state index is -0.0884. The Kier molecular flexibility index (Phi) is 6.95. The van der Waals surface area contributed by atoms with E-state index in [0.29, 0.717) is 29.9 Å². The molecule has 7 heteroatoms. The van der Waals surface area contributed by atoms with Gasteiger partial charge in [-0.3, -0.25) is 4.79 Å². The quantitative estimate of drug-likeness (QED) is 0.489. The molecule has 1 fully saturated rings. The van der Waals surface area contributed by atoms with Crippen LogP contribution in [-0.4, -0.2) is 34.8 Å². The molecule has 0 atom stereocenters. The number of pyridine rings is 1. The van der Waals surface area contributed by atoms with Gasteiger partial charge >= 0.3 is 0 Å². The van der Waals surface area contributed by atoms with Gasteiger partial charge in [0.2, 0.25) is 0 Å². The van der Waals surface area contributed by atoms with E-state index in [0.717, 1.165) is 40.9 Å². The summed E-state index contributed by atoms with van der Waals surface area (Å²) in [5, 5.41) is 4.92. The van der Waals surface area contributed by atoms with E-state index < -0.39 is 0 Å². The van der Waals surface area contributed by atoms with Crippen LogP contribution in [0.15, 0.2) is 53.3 Å². The van der Waals surface area contributed by atoms with E-state index in [4.69, 9.17) is 21.7 Å². The van der Waals surface area contributed by atoms with Crippen LogP contribution in [0.4, 0.5) is 5.69 Å². The Bertz CT molecular complexity index is 1140. The van der Waals surface area contributed by atoms with Crippen LogP contribution in [0.2, 0.25) is 0 Å². The highest BCUT2D eigenvalue weighted by atomic mass is 32.1. The number of aromatic nitrogens is 1. The average molecular weight is 452 g/mol. The Morgan fingerprint density at radius 2 is 1.84 bits per heavy atom.